The lowest BCUT2D eigenvalue weighted by Crippen LogP contribution is -2.54. The molecule has 9 amide bonds. The molecule has 1 fully saturated rings. The molecule has 5 aromatic rings. The summed E-state index contributed by atoms with van der Waals surface area (Å²) < 4.78 is 40.6. The summed E-state index contributed by atoms with van der Waals surface area (Å²) in [5.41, 5.74) is 7.32. The van der Waals surface area contributed by atoms with Crippen molar-refractivity contribution in [1.82, 2.24) is 35.3 Å². The number of aliphatic hydroxyl groups is 1. The molecule has 31 heteroatoms. The highest BCUT2D eigenvalue weighted by molar-refractivity contribution is 8.08. The van der Waals surface area contributed by atoms with E-state index in [1.54, 1.807) is 135 Å². The highest BCUT2D eigenvalue weighted by atomic mass is 32.2. The molecule has 6 N–H and O–H groups in total. The molecule has 7 rings (SSSR count). The topological polar surface area (TPSA) is 373 Å². The van der Waals surface area contributed by atoms with E-state index in [1.807, 2.05) is 85.7 Å². The number of carbonyl (C=O) groups excluding carboxylic acids is 11. The number of aliphatic hydroxyl groups excluding tert-OH is 1. The fourth-order valence-electron chi connectivity index (χ4n) is 15.0. The Hall–Kier alpha value is -9.47. The molecule has 0 spiro atoms. The van der Waals surface area contributed by atoms with Crippen molar-refractivity contribution in [3.05, 3.63) is 149 Å². The van der Waals surface area contributed by atoms with Gasteiger partial charge in [0.05, 0.1) is 97.4 Å². The second-order valence-corrected chi connectivity index (χ2v) is 33.6. The minimum Gasteiger partial charge on any atom is -0.491 e. The van der Waals surface area contributed by atoms with Gasteiger partial charge in [-0.1, -0.05) is 154 Å². The number of methoxy groups -OCH3 is 2. The molecule has 1 saturated heterocycles. The zero-order valence-corrected chi connectivity index (χ0v) is 73.2. The smallest absolute Gasteiger partial charge is 0.410 e. The Morgan fingerprint density at radius 1 is 0.650 bits per heavy atom. The third-order valence-corrected chi connectivity index (χ3v) is 24.0. The summed E-state index contributed by atoms with van der Waals surface area (Å²) in [5.74, 6) is -6.71. The maximum atomic E-state index is 15.0. The molecule has 29 nitrogen and oxygen atoms in total. The normalized spacial score (nSPS) is 16.4. The van der Waals surface area contributed by atoms with Crippen LogP contribution < -0.4 is 31.3 Å². The van der Waals surface area contributed by atoms with Crippen LogP contribution in [-0.2, 0) is 78.2 Å². The second kappa shape index (κ2) is 49.4. The van der Waals surface area contributed by atoms with Gasteiger partial charge in [-0.2, -0.15) is 0 Å². The Morgan fingerprint density at radius 3 is 1.80 bits per heavy atom. The number of primary amides is 1. The first kappa shape index (κ1) is 97.6. The van der Waals surface area contributed by atoms with Gasteiger partial charge in [0, 0.05) is 96.5 Å². The van der Waals surface area contributed by atoms with E-state index >= 15 is 0 Å². The van der Waals surface area contributed by atoms with Crippen LogP contribution in [-0.4, -0.2) is 219 Å². The number of nitrogens with one attached hydrogen (secondary N) is 3. The van der Waals surface area contributed by atoms with Crippen molar-refractivity contribution in [3.8, 4) is 5.75 Å². The van der Waals surface area contributed by atoms with Gasteiger partial charge in [0.25, 0.3) is 11.8 Å². The van der Waals surface area contributed by atoms with Gasteiger partial charge >= 0.3 is 12.1 Å². The number of hydrogen-bond acceptors (Lipinski definition) is 23. The fraction of sp³-hybridized carbons (Fsp3) is 0.539. The molecule has 0 radical (unpaired) electrons. The van der Waals surface area contributed by atoms with E-state index < -0.39 is 108 Å². The summed E-state index contributed by atoms with van der Waals surface area (Å²) in [6.45, 7) is 19.6. The molecular formula is C89H122N10O19S2. The molecule has 120 heavy (non-hydrogen) atoms. The van der Waals surface area contributed by atoms with E-state index in [4.69, 9.17) is 38.9 Å². The molecule has 0 saturated carbocycles. The molecule has 4 heterocycles. The number of amides is 9. The number of nitrogens with two attached hydrogens (primary N) is 1. The number of aromatic nitrogens is 2. The number of urea groups is 1. The van der Waals surface area contributed by atoms with Gasteiger partial charge in [0.2, 0.25) is 23.6 Å². The van der Waals surface area contributed by atoms with Gasteiger partial charge < -0.3 is 74.6 Å². The molecule has 654 valence electrons. The summed E-state index contributed by atoms with van der Waals surface area (Å²) in [6, 6.07) is 29.3. The summed E-state index contributed by atoms with van der Waals surface area (Å²) in [6.07, 6.45) is 2.30. The van der Waals surface area contributed by atoms with E-state index in [0.29, 0.717) is 65.0 Å². The van der Waals surface area contributed by atoms with Crippen molar-refractivity contribution in [2.45, 2.75) is 186 Å². The quantitative estimate of drug-likeness (QED) is 0.0178. The van der Waals surface area contributed by atoms with E-state index in [-0.39, 0.29) is 148 Å². The third kappa shape index (κ3) is 28.9. The van der Waals surface area contributed by atoms with Crippen LogP contribution in [0.2, 0.25) is 0 Å². The zero-order valence-electron chi connectivity index (χ0n) is 71.6. The number of thioether (sulfide) groups is 2. The van der Waals surface area contributed by atoms with Gasteiger partial charge in [-0.05, 0) is 127 Å². The lowest BCUT2D eigenvalue weighted by atomic mass is 9.83. The molecule has 2 aliphatic heterocycles. The van der Waals surface area contributed by atoms with E-state index in [1.165, 1.54) is 19.1 Å². The molecule has 0 aliphatic carbocycles. The van der Waals surface area contributed by atoms with Crippen LogP contribution in [0.4, 0.5) is 21.0 Å². The molecule has 2 aromatic heterocycles. The summed E-state index contributed by atoms with van der Waals surface area (Å²) in [4.78, 5) is 167. The second-order valence-electron chi connectivity index (χ2n) is 31.5. The SMILES string of the molecule is CCC(C)[C@@H]([C@@H](CC(=O)N1CCC[C@H]1[C@H](OC)[C@@H](C)C(=O)C[C@H](C)[C@@H](O)c1ccccc1)OC)N(C)C(=O)[C@@H](CC(=O)[C@H](C(C)C)N(C)C(=O)OCc1ccc(NC(=O)[C@H](CCCNC(N)=O)CC(=O)[C@@H](NC(=O)COCCOCCOCCOc2ccc(N3C(=O)C(Sc4ccccn4)=C(Sc4ccccn4)C3=O)cc2)C(C)C)cc1)C(C)C. The standard InChI is InChI=1S/C89H122N10O19S2/c1-15-58(8)79(72(112-13)52-76(104)98-42-24-28-68(98)81(113-14)60(10)69(100)49-59(9)80(105)62-25-17-16-18-26-62)96(11)85(107)67(55(2)3)51-71(102)78(57(6)7)97(12)89(111)118-53-61-31-33-64(34-32-61)94-84(106)63(27-23-41-93-88(90)110)50-70(101)77(56(4)5)95-73(103)54-116-46-45-114-43-44-115-47-48-117-66-37-35-65(36-38-66)99-86(108)82(119-74-29-19-21-39-91-74)83(87(99)109)120-75-30-20-22-40-92-75/h16-22,25-26,29-40,55-60,63,67-68,72,77-81,105H,15,23-24,27-28,41-54H2,1-14H3,(H,94,106)(H,95,103)(H3,90,93,110)/t58?,59-,60-,63+,67-,68-,72+,77-,78-,79-,80+,81+/m0/s1. The van der Waals surface area contributed by atoms with E-state index in [9.17, 15) is 57.8 Å². The van der Waals surface area contributed by atoms with Crippen LogP contribution in [0.25, 0.3) is 0 Å². The van der Waals surface area contributed by atoms with Crippen LogP contribution in [0.15, 0.2) is 148 Å². The maximum absolute atomic E-state index is 15.0. The van der Waals surface area contributed by atoms with Gasteiger partial charge in [-0.3, -0.25) is 43.2 Å². The Bertz CT molecular complexity index is 4120. The summed E-state index contributed by atoms with van der Waals surface area (Å²) >= 11 is 2.24. The number of likely N-dealkylation sites (tertiary alicyclic amines) is 1. The number of nitrogens with zero attached hydrogens (tertiary/aromatic N) is 6. The Morgan fingerprint density at radius 2 is 1.25 bits per heavy atom. The Balaban J connectivity index is 0.834. The number of Topliss-reactive ketones (excluding diaryl/α,β-unsaturated/α-hetero) is 3. The molecular weight excluding hydrogens is 1580 g/mol. The predicted molar refractivity (Wildman–Crippen MR) is 457 cm³/mol. The van der Waals surface area contributed by atoms with Crippen molar-refractivity contribution < 1.29 is 91.0 Å². The minimum absolute atomic E-state index is 0.0615. The first-order chi connectivity index (χ1) is 57.4. The third-order valence-electron chi connectivity index (χ3n) is 21.8. The number of rotatable bonds is 52. The van der Waals surface area contributed by atoms with E-state index in [2.05, 4.69) is 25.9 Å². The molecule has 1 unspecified atom stereocenters. The van der Waals surface area contributed by atoms with Crippen molar-refractivity contribution in [1.29, 1.82) is 0 Å². The first-order valence-electron chi connectivity index (χ1n) is 41.2. The number of pyridine rings is 2. The highest BCUT2D eigenvalue weighted by Gasteiger charge is 2.45. The van der Waals surface area contributed by atoms with E-state index in [0.717, 1.165) is 34.0 Å². The number of ketones is 3. The number of anilines is 2. The molecule has 12 atom stereocenters. The fourth-order valence-corrected chi connectivity index (χ4v) is 16.9. The average molecular weight is 1700 g/mol. The summed E-state index contributed by atoms with van der Waals surface area (Å²) in [5, 5.41) is 20.3. The van der Waals surface area contributed by atoms with Gasteiger partial charge in [-0.25, -0.2) is 24.5 Å². The zero-order chi connectivity index (χ0) is 87.7. The number of carbonyl (C=O) groups is 11. The molecule has 0 bridgehead atoms. The minimum atomic E-state index is -0.982. The van der Waals surface area contributed by atoms with Crippen molar-refractivity contribution in [2.24, 2.45) is 53.1 Å². The average Bonchev–Trinajstić information content (AvgIpc) is 1.62. The predicted octanol–water partition coefficient (Wildman–Crippen LogP) is 11.5. The number of imide groups is 1. The lowest BCUT2D eigenvalue weighted by molar-refractivity contribution is -0.149. The highest BCUT2D eigenvalue weighted by Crippen LogP contribution is 2.44. The number of ether oxygens (including phenoxy) is 7. The van der Waals surface area contributed by atoms with Crippen molar-refractivity contribution in [2.75, 3.05) is 97.9 Å². The van der Waals surface area contributed by atoms with Crippen LogP contribution in [0.5, 0.6) is 5.75 Å². The number of benzene rings is 3. The van der Waals surface area contributed by atoms with Crippen molar-refractivity contribution >= 4 is 99.8 Å². The Kier molecular flexibility index (Phi) is 40.2. The first-order valence-corrected chi connectivity index (χ1v) is 42.8. The van der Waals surface area contributed by atoms with Gasteiger partial charge in [-0.15, -0.1) is 0 Å². The van der Waals surface area contributed by atoms with Crippen molar-refractivity contribution in [3.63, 3.8) is 0 Å². The van der Waals surface area contributed by atoms with Gasteiger partial charge in [0.1, 0.15) is 41.4 Å². The number of hydrogen-bond donors (Lipinski definition) is 5. The lowest BCUT2D eigenvalue weighted by Gasteiger charge is -2.41. The van der Waals surface area contributed by atoms with Crippen LogP contribution >= 0.6 is 23.5 Å². The largest absolute Gasteiger partial charge is 0.491 e. The van der Waals surface area contributed by atoms with Crippen LogP contribution in [0.3, 0.4) is 0 Å². The monoisotopic (exact) mass is 1700 g/mol. The van der Waals surface area contributed by atoms with Gasteiger partial charge in [0.15, 0.2) is 11.6 Å². The molecule has 2 aliphatic rings. The van der Waals surface area contributed by atoms with Crippen LogP contribution in [0.1, 0.15) is 144 Å². The number of likely N-dealkylation sites (N-methyl/N-ethyl adjacent to an activating group) is 2. The Labute approximate surface area is 713 Å². The maximum Gasteiger partial charge on any atom is 0.410 e. The molecule has 3 aromatic carbocycles. The summed E-state index contributed by atoms with van der Waals surface area (Å²) in [7, 11) is 6.23. The van der Waals surface area contributed by atoms with Crippen LogP contribution in [0, 0.1) is 47.3 Å².